The Labute approximate surface area is 193 Å². The minimum absolute atomic E-state index is 0.0886. The maximum absolute atomic E-state index is 13.1. The standard InChI is InChI=1S/C21H19Cl2FN4O2S/c1-3-10-28-20(13(2)30-16-7-5-15(24)6-8-16)26-27-21(28)31-12-19(29)25-18-11-14(22)4-9-17(18)23/h3-9,11,13H,1,10,12H2,2H3,(H,25,29). The van der Waals surface area contributed by atoms with Crippen molar-refractivity contribution in [2.45, 2.75) is 24.7 Å². The van der Waals surface area contributed by atoms with Crippen LogP contribution in [-0.4, -0.2) is 26.4 Å². The van der Waals surface area contributed by atoms with E-state index in [0.29, 0.717) is 39.0 Å². The molecule has 2 aromatic carbocycles. The normalized spacial score (nSPS) is 11.7. The third-order valence-electron chi connectivity index (χ3n) is 4.08. The van der Waals surface area contributed by atoms with Crippen LogP contribution < -0.4 is 10.1 Å². The molecule has 0 bridgehead atoms. The topological polar surface area (TPSA) is 69.0 Å². The van der Waals surface area contributed by atoms with Gasteiger partial charge in [-0.2, -0.15) is 0 Å². The number of nitrogens with zero attached hydrogens (tertiary/aromatic N) is 3. The van der Waals surface area contributed by atoms with E-state index >= 15 is 0 Å². The second-order valence-corrected chi connectivity index (χ2v) is 8.20. The maximum atomic E-state index is 13.1. The van der Waals surface area contributed by atoms with Gasteiger partial charge in [-0.1, -0.05) is 41.0 Å². The van der Waals surface area contributed by atoms with Gasteiger partial charge in [-0.05, 0) is 49.4 Å². The van der Waals surface area contributed by atoms with Crippen LogP contribution in [-0.2, 0) is 11.3 Å². The van der Waals surface area contributed by atoms with E-state index in [-0.39, 0.29) is 17.5 Å². The summed E-state index contributed by atoms with van der Waals surface area (Å²) in [6.45, 7) is 6.01. The van der Waals surface area contributed by atoms with E-state index in [4.69, 9.17) is 27.9 Å². The van der Waals surface area contributed by atoms with Crippen LogP contribution in [0, 0.1) is 5.82 Å². The van der Waals surface area contributed by atoms with Crippen LogP contribution in [0.25, 0.3) is 0 Å². The number of hydrogen-bond donors (Lipinski definition) is 1. The summed E-state index contributed by atoms with van der Waals surface area (Å²) >= 11 is 13.3. The zero-order valence-electron chi connectivity index (χ0n) is 16.5. The van der Waals surface area contributed by atoms with Gasteiger partial charge in [-0.15, -0.1) is 16.8 Å². The Hall–Kier alpha value is -2.55. The molecule has 0 aliphatic heterocycles. The monoisotopic (exact) mass is 480 g/mol. The number of aromatic nitrogens is 3. The molecule has 162 valence electrons. The molecule has 1 heterocycles. The van der Waals surface area contributed by atoms with Crippen LogP contribution in [0.1, 0.15) is 18.9 Å². The molecule has 3 aromatic rings. The van der Waals surface area contributed by atoms with Crippen LogP contribution in [0.15, 0.2) is 60.3 Å². The van der Waals surface area contributed by atoms with Gasteiger partial charge in [0.25, 0.3) is 0 Å². The van der Waals surface area contributed by atoms with Crippen LogP contribution >= 0.6 is 35.0 Å². The van der Waals surface area contributed by atoms with Gasteiger partial charge < -0.3 is 10.1 Å². The van der Waals surface area contributed by atoms with Crippen molar-refractivity contribution in [3.05, 3.63) is 76.8 Å². The fraction of sp³-hybridized carbons (Fsp3) is 0.190. The van der Waals surface area contributed by atoms with E-state index in [1.54, 1.807) is 36.4 Å². The van der Waals surface area contributed by atoms with Gasteiger partial charge >= 0.3 is 0 Å². The first-order valence-electron chi connectivity index (χ1n) is 9.21. The predicted octanol–water partition coefficient (Wildman–Crippen LogP) is 5.78. The van der Waals surface area contributed by atoms with Crippen molar-refractivity contribution in [1.29, 1.82) is 0 Å². The van der Waals surface area contributed by atoms with Crippen molar-refractivity contribution in [1.82, 2.24) is 14.8 Å². The van der Waals surface area contributed by atoms with E-state index < -0.39 is 6.10 Å². The summed E-state index contributed by atoms with van der Waals surface area (Å²) in [7, 11) is 0. The Kier molecular flexibility index (Phi) is 7.95. The number of hydrogen-bond acceptors (Lipinski definition) is 5. The summed E-state index contributed by atoms with van der Waals surface area (Å²) in [6, 6.07) is 10.6. The Morgan fingerprint density at radius 3 is 2.74 bits per heavy atom. The van der Waals surface area contributed by atoms with Crippen molar-refractivity contribution in [3.63, 3.8) is 0 Å². The zero-order valence-corrected chi connectivity index (χ0v) is 18.8. The maximum Gasteiger partial charge on any atom is 0.234 e. The molecule has 31 heavy (non-hydrogen) atoms. The van der Waals surface area contributed by atoms with Crippen molar-refractivity contribution < 1.29 is 13.9 Å². The van der Waals surface area contributed by atoms with Gasteiger partial charge in [-0.25, -0.2) is 4.39 Å². The number of amides is 1. The van der Waals surface area contributed by atoms with Crippen molar-refractivity contribution in [2.24, 2.45) is 0 Å². The number of thioether (sulfide) groups is 1. The van der Waals surface area contributed by atoms with Crippen molar-refractivity contribution in [2.75, 3.05) is 11.1 Å². The molecule has 10 heteroatoms. The number of carbonyl (C=O) groups is 1. The molecule has 1 amide bonds. The fourth-order valence-corrected chi connectivity index (χ4v) is 3.78. The molecule has 0 aliphatic rings. The van der Waals surface area contributed by atoms with Crippen molar-refractivity contribution in [3.8, 4) is 5.75 Å². The molecular formula is C21H19Cl2FN4O2S. The van der Waals surface area contributed by atoms with Crippen molar-refractivity contribution >= 4 is 46.6 Å². The van der Waals surface area contributed by atoms with E-state index in [1.807, 2.05) is 11.5 Å². The van der Waals surface area contributed by atoms with Crippen LogP contribution in [0.4, 0.5) is 10.1 Å². The number of rotatable bonds is 9. The molecule has 0 fully saturated rings. The van der Waals surface area contributed by atoms with Gasteiger partial charge in [0.15, 0.2) is 17.1 Å². The lowest BCUT2D eigenvalue weighted by Gasteiger charge is -2.15. The number of allylic oxidation sites excluding steroid dienone is 1. The molecule has 1 atom stereocenters. The number of ether oxygens (including phenoxy) is 1. The molecule has 6 nitrogen and oxygen atoms in total. The SMILES string of the molecule is C=CCn1c(SCC(=O)Nc2cc(Cl)ccc2Cl)nnc1C(C)Oc1ccc(F)cc1. The highest BCUT2D eigenvalue weighted by atomic mass is 35.5. The predicted molar refractivity (Wildman–Crippen MR) is 121 cm³/mol. The number of benzene rings is 2. The first-order chi connectivity index (χ1) is 14.9. The number of nitrogens with one attached hydrogen (secondary N) is 1. The Morgan fingerprint density at radius 1 is 1.29 bits per heavy atom. The minimum Gasteiger partial charge on any atom is -0.483 e. The van der Waals surface area contributed by atoms with E-state index in [2.05, 4.69) is 22.1 Å². The number of anilines is 1. The first-order valence-corrected chi connectivity index (χ1v) is 11.0. The summed E-state index contributed by atoms with van der Waals surface area (Å²) < 4.78 is 20.8. The van der Waals surface area contributed by atoms with Crippen LogP contribution in [0.5, 0.6) is 5.75 Å². The van der Waals surface area contributed by atoms with E-state index in [1.165, 1.54) is 23.9 Å². The fourth-order valence-electron chi connectivity index (χ4n) is 2.69. The summed E-state index contributed by atoms with van der Waals surface area (Å²) in [6.07, 6.45) is 1.25. The highest BCUT2D eigenvalue weighted by Crippen LogP contribution is 2.27. The van der Waals surface area contributed by atoms with E-state index in [0.717, 1.165) is 0 Å². The third kappa shape index (κ3) is 6.22. The Balaban J connectivity index is 1.68. The second-order valence-electron chi connectivity index (χ2n) is 6.42. The Bertz CT molecular complexity index is 1080. The third-order valence-corrected chi connectivity index (χ3v) is 5.61. The molecule has 0 spiro atoms. The molecule has 0 saturated carbocycles. The molecule has 0 saturated heterocycles. The van der Waals surface area contributed by atoms with Gasteiger partial charge in [-0.3, -0.25) is 9.36 Å². The van der Waals surface area contributed by atoms with Gasteiger partial charge in [0.05, 0.1) is 16.5 Å². The quantitative estimate of drug-likeness (QED) is 0.310. The summed E-state index contributed by atoms with van der Waals surface area (Å²) in [5, 5.41) is 12.5. The average molecular weight is 481 g/mol. The molecule has 1 unspecified atom stereocenters. The first kappa shape index (κ1) is 23.1. The van der Waals surface area contributed by atoms with Gasteiger partial charge in [0.2, 0.25) is 5.91 Å². The zero-order chi connectivity index (χ0) is 22.4. The van der Waals surface area contributed by atoms with Gasteiger partial charge in [0.1, 0.15) is 11.6 Å². The van der Waals surface area contributed by atoms with Gasteiger partial charge in [0, 0.05) is 11.6 Å². The molecule has 0 radical (unpaired) electrons. The molecule has 1 aromatic heterocycles. The Morgan fingerprint density at radius 2 is 2.03 bits per heavy atom. The van der Waals surface area contributed by atoms with Crippen LogP contribution in [0.2, 0.25) is 10.0 Å². The average Bonchev–Trinajstić information content (AvgIpc) is 3.14. The summed E-state index contributed by atoms with van der Waals surface area (Å²) in [5.74, 6) is 0.551. The molecular weight excluding hydrogens is 462 g/mol. The lowest BCUT2D eigenvalue weighted by Crippen LogP contribution is -2.16. The lowest BCUT2D eigenvalue weighted by atomic mass is 10.3. The van der Waals surface area contributed by atoms with Crippen LogP contribution in [0.3, 0.4) is 0 Å². The highest BCUT2D eigenvalue weighted by Gasteiger charge is 2.20. The summed E-state index contributed by atoms with van der Waals surface area (Å²) in [5.41, 5.74) is 0.439. The largest absolute Gasteiger partial charge is 0.483 e. The number of halogens is 3. The molecule has 1 N–H and O–H groups in total. The highest BCUT2D eigenvalue weighted by molar-refractivity contribution is 7.99. The second kappa shape index (κ2) is 10.7. The number of carbonyl (C=O) groups excluding carboxylic acids is 1. The molecule has 0 aliphatic carbocycles. The summed E-state index contributed by atoms with van der Waals surface area (Å²) in [4.78, 5) is 12.4. The minimum atomic E-state index is -0.452. The smallest absolute Gasteiger partial charge is 0.234 e. The van der Waals surface area contributed by atoms with E-state index in [9.17, 15) is 9.18 Å². The molecule has 3 rings (SSSR count). The lowest BCUT2D eigenvalue weighted by molar-refractivity contribution is -0.113.